The predicted molar refractivity (Wildman–Crippen MR) is 99.2 cm³/mol. The number of hydrogen-bond acceptors (Lipinski definition) is 7. The van der Waals surface area contributed by atoms with Gasteiger partial charge in [-0.3, -0.25) is 13.5 Å². The van der Waals surface area contributed by atoms with Crippen molar-refractivity contribution in [1.82, 2.24) is 4.57 Å². The first-order valence-corrected chi connectivity index (χ1v) is 10.2. The number of pyridine rings is 1. The largest absolute Gasteiger partial charge is 0.486 e. The van der Waals surface area contributed by atoms with Crippen LogP contribution in [0.25, 0.3) is 17.0 Å². The number of nitrogens with zero attached hydrogens (tertiary/aromatic N) is 1. The Balaban J connectivity index is 2.14. The van der Waals surface area contributed by atoms with Crippen molar-refractivity contribution in [3.05, 3.63) is 46.0 Å². The van der Waals surface area contributed by atoms with E-state index in [0.717, 1.165) is 12.3 Å². The van der Waals surface area contributed by atoms with Crippen LogP contribution in [0.5, 0.6) is 5.75 Å². The summed E-state index contributed by atoms with van der Waals surface area (Å²) in [4.78, 5) is 24.0. The molecule has 0 amide bonds. The van der Waals surface area contributed by atoms with E-state index >= 15 is 0 Å². The van der Waals surface area contributed by atoms with Crippen LogP contribution in [0, 0.1) is 5.82 Å². The maximum Gasteiger partial charge on any atom is 0.330 e. The van der Waals surface area contributed by atoms with E-state index in [1.807, 2.05) is 0 Å². The average Bonchev–Trinajstić information content (AvgIpc) is 2.62. The summed E-state index contributed by atoms with van der Waals surface area (Å²) in [6.07, 6.45) is 3.43. The van der Waals surface area contributed by atoms with Crippen molar-refractivity contribution in [3.63, 3.8) is 0 Å². The maximum atomic E-state index is 14.6. The van der Waals surface area contributed by atoms with Crippen molar-refractivity contribution in [3.8, 4) is 5.75 Å². The second-order valence-electron chi connectivity index (χ2n) is 6.12. The Hall–Kier alpha value is -2.72. The molecule has 1 aliphatic heterocycles. The van der Waals surface area contributed by atoms with E-state index < -0.39 is 33.5 Å². The molecule has 28 heavy (non-hydrogen) atoms. The number of halogens is 1. The summed E-state index contributed by atoms with van der Waals surface area (Å²) < 4.78 is 53.5. The third kappa shape index (κ3) is 4.07. The van der Waals surface area contributed by atoms with E-state index in [2.05, 4.69) is 0 Å². The summed E-state index contributed by atoms with van der Waals surface area (Å²) in [7, 11) is -3.73. The van der Waals surface area contributed by atoms with Gasteiger partial charge in [-0.05, 0) is 30.7 Å². The second kappa shape index (κ2) is 7.72. The molecule has 0 spiro atoms. The molecule has 3 rings (SSSR count). The lowest BCUT2D eigenvalue weighted by Gasteiger charge is -2.28. The van der Waals surface area contributed by atoms with Crippen molar-refractivity contribution in [1.29, 1.82) is 0 Å². The zero-order valence-electron chi connectivity index (χ0n) is 15.2. The lowest BCUT2D eigenvalue weighted by molar-refractivity contribution is -0.137. The van der Waals surface area contributed by atoms with Crippen LogP contribution in [-0.2, 0) is 23.8 Å². The second-order valence-corrected chi connectivity index (χ2v) is 7.76. The van der Waals surface area contributed by atoms with Crippen molar-refractivity contribution in [2.24, 2.45) is 0 Å². The van der Waals surface area contributed by atoms with Crippen LogP contribution in [0.4, 0.5) is 4.39 Å². The average molecular weight is 411 g/mol. The summed E-state index contributed by atoms with van der Waals surface area (Å²) in [5, 5.41) is 0.459. The smallest absolute Gasteiger partial charge is 0.330 e. The van der Waals surface area contributed by atoms with Crippen molar-refractivity contribution < 1.29 is 31.3 Å². The van der Waals surface area contributed by atoms with E-state index in [9.17, 15) is 22.4 Å². The highest BCUT2D eigenvalue weighted by Crippen LogP contribution is 2.36. The van der Waals surface area contributed by atoms with E-state index in [1.165, 1.54) is 28.8 Å². The van der Waals surface area contributed by atoms with Crippen LogP contribution in [0.15, 0.2) is 29.1 Å². The van der Waals surface area contributed by atoms with Gasteiger partial charge >= 0.3 is 5.97 Å². The Bertz CT molecular complexity index is 1120. The zero-order valence-corrected chi connectivity index (χ0v) is 16.0. The summed E-state index contributed by atoms with van der Waals surface area (Å²) in [6.45, 7) is 1.40. The fourth-order valence-electron chi connectivity index (χ4n) is 2.98. The number of carbonyl (C=O) groups is 1. The highest BCUT2D eigenvalue weighted by atomic mass is 32.2. The standard InChI is InChI=1S/C18H18FNO7S/c1-3-25-16(22)7-4-11-8-14(19)18-17-13(11)5-6-15(21)20(17)12(9-26-18)10-27-28(2,23)24/h4-8,12H,3,9-10H2,1-2H3/b7-4+/t12-/m0/s1. The minimum Gasteiger partial charge on any atom is -0.486 e. The van der Waals surface area contributed by atoms with Gasteiger partial charge in [0.15, 0.2) is 11.6 Å². The number of esters is 1. The van der Waals surface area contributed by atoms with Gasteiger partial charge in [0, 0.05) is 17.5 Å². The first-order valence-electron chi connectivity index (χ1n) is 8.41. The molecule has 1 aromatic carbocycles. The molecular formula is C18H18FNO7S. The SMILES string of the molecule is CCOC(=O)/C=C/c1cc(F)c2c3c1ccc(=O)n3[C@H](COS(C)(=O)=O)CO2. The Morgan fingerprint density at radius 2 is 2.18 bits per heavy atom. The molecule has 0 fully saturated rings. The monoisotopic (exact) mass is 411 g/mol. The molecule has 0 N–H and O–H groups in total. The van der Waals surface area contributed by atoms with Gasteiger partial charge in [-0.15, -0.1) is 0 Å². The van der Waals surface area contributed by atoms with Crippen molar-refractivity contribution in [2.75, 3.05) is 26.1 Å². The van der Waals surface area contributed by atoms with Crippen LogP contribution >= 0.6 is 0 Å². The predicted octanol–water partition coefficient (Wildman–Crippen LogP) is 1.63. The molecule has 150 valence electrons. The molecule has 0 unspecified atom stereocenters. The first kappa shape index (κ1) is 20.0. The summed E-state index contributed by atoms with van der Waals surface area (Å²) in [5.41, 5.74) is 0.0563. The number of ether oxygens (including phenoxy) is 2. The van der Waals surface area contributed by atoms with Gasteiger partial charge in [0.2, 0.25) is 0 Å². The Labute approximate surface area is 160 Å². The minimum absolute atomic E-state index is 0.114. The molecule has 1 atom stereocenters. The maximum absolute atomic E-state index is 14.6. The van der Waals surface area contributed by atoms with Gasteiger partial charge in [0.1, 0.15) is 6.61 Å². The van der Waals surface area contributed by atoms with Crippen molar-refractivity contribution in [2.45, 2.75) is 13.0 Å². The van der Waals surface area contributed by atoms with Crippen molar-refractivity contribution >= 4 is 33.1 Å². The third-order valence-corrected chi connectivity index (χ3v) is 4.66. The topological polar surface area (TPSA) is 101 Å². The molecule has 10 heteroatoms. The lowest BCUT2D eigenvalue weighted by Crippen LogP contribution is -2.35. The summed E-state index contributed by atoms with van der Waals surface area (Å²) in [5.74, 6) is -1.41. The molecule has 0 radical (unpaired) electrons. The van der Waals surface area contributed by atoms with E-state index in [1.54, 1.807) is 6.92 Å². The lowest BCUT2D eigenvalue weighted by atomic mass is 10.0. The first-order chi connectivity index (χ1) is 13.2. The molecule has 0 bridgehead atoms. The molecule has 0 saturated carbocycles. The van der Waals surface area contributed by atoms with Crippen LogP contribution in [-0.4, -0.2) is 45.0 Å². The molecule has 1 aromatic heterocycles. The number of hydrogen-bond donors (Lipinski definition) is 0. The fourth-order valence-corrected chi connectivity index (χ4v) is 3.38. The molecule has 8 nitrogen and oxygen atoms in total. The Morgan fingerprint density at radius 1 is 1.43 bits per heavy atom. The summed E-state index contributed by atoms with van der Waals surface area (Å²) in [6, 6.07) is 3.20. The van der Waals surface area contributed by atoms with Gasteiger partial charge in [-0.2, -0.15) is 8.42 Å². The van der Waals surface area contributed by atoms with Crippen LogP contribution in [0.1, 0.15) is 18.5 Å². The molecule has 2 aromatic rings. The van der Waals surface area contributed by atoms with Gasteiger partial charge in [0.05, 0.1) is 31.0 Å². The van der Waals surface area contributed by atoms with Gasteiger partial charge in [-0.25, -0.2) is 9.18 Å². The van der Waals surface area contributed by atoms with E-state index in [0.29, 0.717) is 10.9 Å². The van der Waals surface area contributed by atoms with E-state index in [4.69, 9.17) is 13.7 Å². The molecule has 2 heterocycles. The highest BCUT2D eigenvalue weighted by molar-refractivity contribution is 7.85. The number of benzene rings is 1. The summed E-state index contributed by atoms with van der Waals surface area (Å²) >= 11 is 0. The molecule has 0 aliphatic carbocycles. The quantitative estimate of drug-likeness (QED) is 0.404. The van der Waals surface area contributed by atoms with Gasteiger partial charge in [-0.1, -0.05) is 0 Å². The minimum atomic E-state index is -3.73. The van der Waals surface area contributed by atoms with Gasteiger partial charge in [0.25, 0.3) is 15.7 Å². The zero-order chi connectivity index (χ0) is 20.5. The molecular weight excluding hydrogens is 393 g/mol. The number of carbonyl (C=O) groups excluding carboxylic acids is 1. The number of rotatable bonds is 6. The molecule has 1 aliphatic rings. The Morgan fingerprint density at radius 3 is 2.86 bits per heavy atom. The van der Waals surface area contributed by atoms with Gasteiger partial charge < -0.3 is 9.47 Å². The molecule has 0 saturated heterocycles. The highest BCUT2D eigenvalue weighted by Gasteiger charge is 2.28. The van der Waals surface area contributed by atoms with Crippen LogP contribution in [0.3, 0.4) is 0 Å². The number of aromatic nitrogens is 1. The third-order valence-electron chi connectivity index (χ3n) is 4.10. The fraction of sp³-hybridized carbons (Fsp3) is 0.333. The van der Waals surface area contributed by atoms with Crippen LogP contribution in [0.2, 0.25) is 0 Å². The Kier molecular flexibility index (Phi) is 5.52. The van der Waals surface area contributed by atoms with E-state index in [-0.39, 0.29) is 31.1 Å². The van der Waals surface area contributed by atoms with Crippen LogP contribution < -0.4 is 10.3 Å². The normalized spacial score (nSPS) is 16.3.